The molecule has 1 aromatic rings. The Morgan fingerprint density at radius 1 is 1.23 bits per heavy atom. The minimum absolute atomic E-state index is 0.0985. The first kappa shape index (κ1) is 15.3. The molecular formula is C19H24O3. The molecule has 0 unspecified atom stereocenters. The Labute approximate surface area is 132 Å². The lowest BCUT2D eigenvalue weighted by atomic mass is 9.64. The van der Waals surface area contributed by atoms with Crippen molar-refractivity contribution in [2.45, 2.75) is 33.8 Å². The van der Waals surface area contributed by atoms with Crippen molar-refractivity contribution in [1.29, 1.82) is 0 Å². The second kappa shape index (κ2) is 5.88. The Balaban J connectivity index is 1.86. The molecule has 1 heterocycles. The molecule has 0 amide bonds. The molecule has 0 N–H and O–H groups in total. The first-order chi connectivity index (χ1) is 10.5. The van der Waals surface area contributed by atoms with Crippen LogP contribution in [0.2, 0.25) is 0 Å². The van der Waals surface area contributed by atoms with E-state index in [0.29, 0.717) is 29.4 Å². The second-order valence-electron chi connectivity index (χ2n) is 6.74. The summed E-state index contributed by atoms with van der Waals surface area (Å²) in [4.78, 5) is 11.0. The average molecular weight is 300 g/mol. The molecule has 1 aliphatic heterocycles. The first-order valence-electron chi connectivity index (χ1n) is 8.05. The van der Waals surface area contributed by atoms with Gasteiger partial charge in [0.2, 0.25) is 0 Å². The van der Waals surface area contributed by atoms with Gasteiger partial charge in [-0.25, -0.2) is 0 Å². The Morgan fingerprint density at radius 2 is 1.91 bits per heavy atom. The lowest BCUT2D eigenvalue weighted by Crippen LogP contribution is -2.42. The minimum atomic E-state index is -0.293. The zero-order chi connectivity index (χ0) is 15.9. The number of ether oxygens (including phenoxy) is 2. The Bertz CT molecular complexity index is 587. The average Bonchev–Trinajstić information content (AvgIpc) is 2.45. The van der Waals surface area contributed by atoms with Crippen molar-refractivity contribution >= 4 is 5.97 Å². The highest BCUT2D eigenvalue weighted by Crippen LogP contribution is 2.49. The van der Waals surface area contributed by atoms with Gasteiger partial charge in [0.15, 0.2) is 0 Å². The van der Waals surface area contributed by atoms with E-state index in [2.05, 4.69) is 26.8 Å². The largest absolute Gasteiger partial charge is 0.427 e. The Kier molecular flexibility index (Phi) is 4.09. The molecule has 22 heavy (non-hydrogen) atoms. The van der Waals surface area contributed by atoms with Crippen LogP contribution >= 0.6 is 0 Å². The highest BCUT2D eigenvalue weighted by molar-refractivity contribution is 5.69. The van der Waals surface area contributed by atoms with E-state index in [1.165, 1.54) is 12.5 Å². The quantitative estimate of drug-likeness (QED) is 0.467. The van der Waals surface area contributed by atoms with Crippen LogP contribution in [0.5, 0.6) is 5.75 Å². The molecule has 2 aliphatic rings. The molecule has 0 spiro atoms. The summed E-state index contributed by atoms with van der Waals surface area (Å²) in [6.45, 7) is 9.10. The number of carbonyl (C=O) groups is 1. The van der Waals surface area contributed by atoms with Gasteiger partial charge in [-0.05, 0) is 42.4 Å². The number of rotatable bonds is 2. The van der Waals surface area contributed by atoms with Crippen LogP contribution in [0.25, 0.3) is 0 Å². The minimum Gasteiger partial charge on any atom is -0.427 e. The molecule has 1 aromatic carbocycles. The molecule has 3 nitrogen and oxygen atoms in total. The van der Waals surface area contributed by atoms with E-state index in [-0.39, 0.29) is 12.1 Å². The SMILES string of the molecule is CC(=O)Oc1ccc([C@@H]2OC[C@@H]3[C@H](C)[C@@H]2C(C)=C[C@@H]3C)cc1. The van der Waals surface area contributed by atoms with Crippen molar-refractivity contribution in [3.8, 4) is 5.75 Å². The Hall–Kier alpha value is -1.61. The number of hydrogen-bond donors (Lipinski definition) is 0. The summed E-state index contributed by atoms with van der Waals surface area (Å²) < 4.78 is 11.3. The molecule has 1 saturated heterocycles. The van der Waals surface area contributed by atoms with E-state index in [1.807, 2.05) is 24.3 Å². The lowest BCUT2D eigenvalue weighted by Gasteiger charge is -2.47. The fraction of sp³-hybridized carbons (Fsp3) is 0.526. The summed E-state index contributed by atoms with van der Waals surface area (Å²) in [5.41, 5.74) is 2.60. The number of esters is 1. The molecule has 1 aliphatic carbocycles. The van der Waals surface area contributed by atoms with Gasteiger partial charge in [-0.3, -0.25) is 4.79 Å². The van der Waals surface area contributed by atoms with Crippen LogP contribution in [0.15, 0.2) is 35.9 Å². The third kappa shape index (κ3) is 2.70. The molecule has 3 rings (SSSR count). The maximum Gasteiger partial charge on any atom is 0.308 e. The van der Waals surface area contributed by atoms with Gasteiger partial charge >= 0.3 is 5.97 Å². The fourth-order valence-electron chi connectivity index (χ4n) is 4.14. The normalized spacial score (nSPS) is 34.0. The van der Waals surface area contributed by atoms with Crippen LogP contribution in [0.4, 0.5) is 0 Å². The lowest BCUT2D eigenvalue weighted by molar-refractivity contribution is -0.131. The number of allylic oxidation sites excluding steroid dienone is 1. The van der Waals surface area contributed by atoms with Crippen LogP contribution in [0.1, 0.15) is 39.4 Å². The van der Waals surface area contributed by atoms with E-state index in [1.54, 1.807) is 0 Å². The van der Waals surface area contributed by atoms with Gasteiger partial charge in [-0.2, -0.15) is 0 Å². The zero-order valence-electron chi connectivity index (χ0n) is 13.7. The highest BCUT2D eigenvalue weighted by Gasteiger charge is 2.43. The summed E-state index contributed by atoms with van der Waals surface area (Å²) in [5.74, 6) is 2.57. The van der Waals surface area contributed by atoms with Gasteiger partial charge in [0, 0.05) is 12.8 Å². The second-order valence-corrected chi connectivity index (χ2v) is 6.74. The Morgan fingerprint density at radius 3 is 2.55 bits per heavy atom. The van der Waals surface area contributed by atoms with E-state index >= 15 is 0 Å². The number of carbonyl (C=O) groups excluding carboxylic acids is 1. The van der Waals surface area contributed by atoms with Gasteiger partial charge in [0.05, 0.1) is 12.7 Å². The molecule has 118 valence electrons. The summed E-state index contributed by atoms with van der Waals surface area (Å²) in [6, 6.07) is 7.73. The molecule has 3 heteroatoms. The maximum absolute atomic E-state index is 11.0. The van der Waals surface area contributed by atoms with Crippen molar-refractivity contribution in [3.05, 3.63) is 41.5 Å². The smallest absolute Gasteiger partial charge is 0.308 e. The van der Waals surface area contributed by atoms with Crippen LogP contribution in [0.3, 0.4) is 0 Å². The van der Waals surface area contributed by atoms with Gasteiger partial charge in [-0.15, -0.1) is 0 Å². The third-order valence-corrected chi connectivity index (χ3v) is 5.23. The van der Waals surface area contributed by atoms with Crippen molar-refractivity contribution in [1.82, 2.24) is 0 Å². The number of benzene rings is 1. The van der Waals surface area contributed by atoms with Gasteiger partial charge < -0.3 is 9.47 Å². The molecule has 5 atom stereocenters. The standard InChI is InChI=1S/C19H24O3/c1-11-9-12(2)18-13(3)17(11)10-21-19(18)15-5-7-16(8-6-15)22-14(4)20/h5-9,11,13,17-19H,10H2,1-4H3/t11-,13-,17-,18-,19-/m0/s1. The monoisotopic (exact) mass is 300 g/mol. The maximum atomic E-state index is 11.0. The van der Waals surface area contributed by atoms with Crippen LogP contribution in [-0.4, -0.2) is 12.6 Å². The van der Waals surface area contributed by atoms with Crippen molar-refractivity contribution in [2.24, 2.45) is 23.7 Å². The molecule has 1 fully saturated rings. The predicted octanol–water partition coefficient (Wildman–Crippen LogP) is 4.15. The summed E-state index contributed by atoms with van der Waals surface area (Å²) in [7, 11) is 0. The van der Waals surface area contributed by atoms with Gasteiger partial charge in [0.25, 0.3) is 0 Å². The van der Waals surface area contributed by atoms with Crippen LogP contribution < -0.4 is 4.74 Å². The van der Waals surface area contributed by atoms with Crippen molar-refractivity contribution < 1.29 is 14.3 Å². The summed E-state index contributed by atoms with van der Waals surface area (Å²) >= 11 is 0. The highest BCUT2D eigenvalue weighted by atomic mass is 16.5. The van der Waals surface area contributed by atoms with Crippen LogP contribution in [0, 0.1) is 23.7 Å². The molecular weight excluding hydrogens is 276 g/mol. The number of fused-ring (bicyclic) bond motifs is 2. The summed E-state index contributed by atoms with van der Waals surface area (Å²) in [5, 5.41) is 0. The number of hydrogen-bond acceptors (Lipinski definition) is 3. The van der Waals surface area contributed by atoms with Gasteiger partial charge in [-0.1, -0.05) is 37.6 Å². The molecule has 2 bridgehead atoms. The van der Waals surface area contributed by atoms with E-state index in [0.717, 1.165) is 12.2 Å². The van der Waals surface area contributed by atoms with Gasteiger partial charge in [0.1, 0.15) is 5.75 Å². The van der Waals surface area contributed by atoms with E-state index in [4.69, 9.17) is 9.47 Å². The summed E-state index contributed by atoms with van der Waals surface area (Å²) in [6.07, 6.45) is 2.51. The zero-order valence-corrected chi connectivity index (χ0v) is 13.7. The van der Waals surface area contributed by atoms with Crippen molar-refractivity contribution in [3.63, 3.8) is 0 Å². The third-order valence-electron chi connectivity index (χ3n) is 5.23. The van der Waals surface area contributed by atoms with E-state index < -0.39 is 0 Å². The van der Waals surface area contributed by atoms with Crippen LogP contribution in [-0.2, 0) is 9.53 Å². The van der Waals surface area contributed by atoms with Crippen molar-refractivity contribution in [2.75, 3.05) is 6.61 Å². The molecule has 0 saturated carbocycles. The first-order valence-corrected chi connectivity index (χ1v) is 8.05. The fourth-order valence-corrected chi connectivity index (χ4v) is 4.14. The molecule has 0 radical (unpaired) electrons. The predicted molar refractivity (Wildman–Crippen MR) is 85.5 cm³/mol. The topological polar surface area (TPSA) is 35.5 Å². The molecule has 0 aromatic heterocycles. The van der Waals surface area contributed by atoms with E-state index in [9.17, 15) is 4.79 Å².